The van der Waals surface area contributed by atoms with Crippen molar-refractivity contribution in [3.63, 3.8) is 0 Å². The number of ether oxygens (including phenoxy) is 1. The minimum Gasteiger partial charge on any atom is -0.382 e. The summed E-state index contributed by atoms with van der Waals surface area (Å²) >= 11 is 0. The molecule has 7 heteroatoms. The van der Waals surface area contributed by atoms with Crippen molar-refractivity contribution in [2.24, 2.45) is 0 Å². The Morgan fingerprint density at radius 2 is 2.09 bits per heavy atom. The van der Waals surface area contributed by atoms with Crippen molar-refractivity contribution in [3.8, 4) is 5.75 Å². The maximum atomic E-state index is 13.1. The van der Waals surface area contributed by atoms with Gasteiger partial charge < -0.3 is 19.9 Å². The molecule has 2 saturated heterocycles. The highest BCUT2D eigenvalue weighted by Gasteiger charge is 2.29. The summed E-state index contributed by atoms with van der Waals surface area (Å²) in [7, 11) is 0. The third-order valence-electron chi connectivity index (χ3n) is 7.05. The van der Waals surface area contributed by atoms with Crippen molar-refractivity contribution in [1.82, 2.24) is 9.80 Å². The second-order valence-corrected chi connectivity index (χ2v) is 9.27. The number of hydrogen-bond acceptors (Lipinski definition) is 6. The van der Waals surface area contributed by atoms with Gasteiger partial charge in [-0.25, -0.2) is 5.48 Å². The van der Waals surface area contributed by atoms with Gasteiger partial charge in [0.05, 0.1) is 11.8 Å². The molecule has 2 aromatic rings. The van der Waals surface area contributed by atoms with Gasteiger partial charge in [-0.05, 0) is 61.6 Å². The first-order valence-electron chi connectivity index (χ1n) is 11.9. The van der Waals surface area contributed by atoms with Crippen molar-refractivity contribution in [2.75, 3.05) is 44.8 Å². The third kappa shape index (κ3) is 4.61. The fourth-order valence-electron chi connectivity index (χ4n) is 5.09. The van der Waals surface area contributed by atoms with Crippen molar-refractivity contribution < 1.29 is 14.4 Å². The Balaban J connectivity index is 1.17. The number of carbonyl (C=O) groups is 1. The van der Waals surface area contributed by atoms with E-state index in [0.29, 0.717) is 6.10 Å². The van der Waals surface area contributed by atoms with Crippen LogP contribution in [0.2, 0.25) is 0 Å². The molecule has 2 N–H and O–H groups in total. The molecule has 0 saturated carbocycles. The van der Waals surface area contributed by atoms with Crippen molar-refractivity contribution in [1.29, 1.82) is 5.41 Å². The normalized spacial score (nSPS) is 22.4. The fourth-order valence-corrected chi connectivity index (χ4v) is 5.09. The number of nitrogens with one attached hydrogen (secondary N) is 2. The van der Waals surface area contributed by atoms with E-state index in [1.165, 1.54) is 11.8 Å². The van der Waals surface area contributed by atoms with Gasteiger partial charge in [-0.3, -0.25) is 9.69 Å². The molecule has 33 heavy (non-hydrogen) atoms. The van der Waals surface area contributed by atoms with Crippen molar-refractivity contribution in [2.45, 2.75) is 38.2 Å². The van der Waals surface area contributed by atoms with Crippen LogP contribution in [0.25, 0.3) is 0 Å². The smallest absolute Gasteiger partial charge is 0.254 e. The van der Waals surface area contributed by atoms with Gasteiger partial charge in [0.25, 0.3) is 5.91 Å². The van der Waals surface area contributed by atoms with E-state index in [1.807, 2.05) is 42.2 Å². The van der Waals surface area contributed by atoms with Crippen LogP contribution >= 0.6 is 0 Å². The maximum absolute atomic E-state index is 13.1. The van der Waals surface area contributed by atoms with E-state index >= 15 is 0 Å². The molecule has 3 aliphatic rings. The van der Waals surface area contributed by atoms with Crippen LogP contribution in [-0.4, -0.2) is 67.4 Å². The van der Waals surface area contributed by atoms with Crippen LogP contribution in [0.15, 0.2) is 36.4 Å². The molecule has 2 heterocycles. The largest absolute Gasteiger partial charge is 0.382 e. The van der Waals surface area contributed by atoms with Gasteiger partial charge in [0, 0.05) is 62.6 Å². The molecule has 0 bridgehead atoms. The molecule has 1 amide bonds. The van der Waals surface area contributed by atoms with Crippen LogP contribution in [0, 0.1) is 12.3 Å². The van der Waals surface area contributed by atoms with Crippen molar-refractivity contribution >= 4 is 17.8 Å². The van der Waals surface area contributed by atoms with Gasteiger partial charge in [0.1, 0.15) is 0 Å². The van der Waals surface area contributed by atoms with Gasteiger partial charge in [-0.1, -0.05) is 12.1 Å². The fraction of sp³-hybridized carbons (Fsp3) is 0.462. The molecule has 5 rings (SSSR count). The monoisotopic (exact) mass is 448 g/mol. The minimum absolute atomic E-state index is 0.0925. The summed E-state index contributed by atoms with van der Waals surface area (Å²) in [5.74, 6) is 0.978. The summed E-state index contributed by atoms with van der Waals surface area (Å²) in [6.07, 6.45) is 5.05. The Bertz CT molecular complexity index is 1030. The average Bonchev–Trinajstić information content (AvgIpc) is 3.32. The molecule has 7 nitrogen and oxygen atoms in total. The van der Waals surface area contributed by atoms with E-state index in [0.717, 1.165) is 86.7 Å². The van der Waals surface area contributed by atoms with Gasteiger partial charge >= 0.3 is 0 Å². The number of benzene rings is 2. The number of anilines is 1. The van der Waals surface area contributed by atoms with Crippen LogP contribution < -0.4 is 10.3 Å². The van der Waals surface area contributed by atoms with Gasteiger partial charge in [0.15, 0.2) is 5.75 Å². The highest BCUT2D eigenvalue weighted by atomic mass is 16.6. The molecule has 2 aliphatic heterocycles. The van der Waals surface area contributed by atoms with Crippen LogP contribution in [0.4, 0.5) is 5.69 Å². The maximum Gasteiger partial charge on any atom is 0.254 e. The summed E-state index contributed by atoms with van der Waals surface area (Å²) in [5, 5.41) is 7.58. The van der Waals surface area contributed by atoms with E-state index in [4.69, 9.17) is 15.0 Å². The third-order valence-corrected chi connectivity index (χ3v) is 7.05. The number of hydrogen-bond donors (Lipinski definition) is 2. The lowest BCUT2D eigenvalue weighted by molar-refractivity contribution is 0.0432. The quantitative estimate of drug-likeness (QED) is 0.500. The van der Waals surface area contributed by atoms with Gasteiger partial charge in [0.2, 0.25) is 0 Å². The standard InChI is InChI=1S/C26H32N4O3/c1-18-14-21(28-33-24-6-2-4-19-15-20(16-27)25(19)24)7-8-23(18)26(31)30-11-9-29(10-12-30)17-22-5-3-13-32-22/h2,4,6-8,14,16,20,22,27-28H,3,5,9-13,15,17H2,1H3. The number of fused-ring (bicyclic) bond motifs is 1. The molecule has 0 spiro atoms. The van der Waals surface area contributed by atoms with E-state index in [9.17, 15) is 4.79 Å². The molecular weight excluding hydrogens is 416 g/mol. The second kappa shape index (κ2) is 9.53. The molecule has 2 atom stereocenters. The highest BCUT2D eigenvalue weighted by molar-refractivity contribution is 5.96. The van der Waals surface area contributed by atoms with Crippen molar-refractivity contribution in [3.05, 3.63) is 58.7 Å². The molecule has 1 aliphatic carbocycles. The average molecular weight is 449 g/mol. The number of aryl methyl sites for hydroxylation is 1. The first-order chi connectivity index (χ1) is 16.1. The SMILES string of the molecule is Cc1cc(NOc2cccc3c2C(C=N)C3)ccc1C(=O)N1CCN(CC2CCCO2)CC1. The summed E-state index contributed by atoms with van der Waals surface area (Å²) in [4.78, 5) is 23.4. The molecule has 2 aromatic carbocycles. The zero-order valence-electron chi connectivity index (χ0n) is 19.2. The van der Waals surface area contributed by atoms with Crippen LogP contribution in [-0.2, 0) is 11.2 Å². The number of amides is 1. The van der Waals surface area contributed by atoms with Gasteiger partial charge in [-0.15, -0.1) is 0 Å². The molecule has 0 aromatic heterocycles. The first-order valence-corrected chi connectivity index (χ1v) is 11.9. The molecule has 2 fully saturated rings. The van der Waals surface area contributed by atoms with E-state index in [2.05, 4.69) is 16.4 Å². The lowest BCUT2D eigenvalue weighted by atomic mass is 9.78. The Hall–Kier alpha value is -2.90. The minimum atomic E-state index is 0.0925. The number of carbonyl (C=O) groups excluding carboxylic acids is 1. The number of piperazine rings is 1. The number of nitrogens with zero attached hydrogens (tertiary/aromatic N) is 2. The Labute approximate surface area is 195 Å². The zero-order valence-corrected chi connectivity index (χ0v) is 19.2. The number of rotatable bonds is 7. The zero-order chi connectivity index (χ0) is 22.8. The van der Waals surface area contributed by atoms with Crippen LogP contribution in [0.1, 0.15) is 45.8 Å². The summed E-state index contributed by atoms with van der Waals surface area (Å²) in [6.45, 7) is 7.13. The van der Waals surface area contributed by atoms with E-state index < -0.39 is 0 Å². The topological polar surface area (TPSA) is 77.9 Å². The summed E-state index contributed by atoms with van der Waals surface area (Å²) < 4.78 is 5.75. The second-order valence-electron chi connectivity index (χ2n) is 9.27. The Morgan fingerprint density at radius 3 is 2.82 bits per heavy atom. The van der Waals surface area contributed by atoms with Gasteiger partial charge in [-0.2, -0.15) is 0 Å². The predicted molar refractivity (Wildman–Crippen MR) is 128 cm³/mol. The lowest BCUT2D eigenvalue weighted by Gasteiger charge is -2.36. The molecular formula is C26H32N4O3. The lowest BCUT2D eigenvalue weighted by Crippen LogP contribution is -2.50. The Kier molecular flexibility index (Phi) is 6.33. The molecule has 2 unspecified atom stereocenters. The predicted octanol–water partition coefficient (Wildman–Crippen LogP) is 3.63. The summed E-state index contributed by atoms with van der Waals surface area (Å²) in [5.41, 5.74) is 7.79. The molecule has 174 valence electrons. The summed E-state index contributed by atoms with van der Waals surface area (Å²) in [6, 6.07) is 11.7. The van der Waals surface area contributed by atoms with E-state index in [1.54, 1.807) is 0 Å². The first kappa shape index (κ1) is 21.9. The molecule has 0 radical (unpaired) electrons. The highest BCUT2D eigenvalue weighted by Crippen LogP contribution is 2.40. The van der Waals surface area contributed by atoms with Crippen LogP contribution in [0.3, 0.4) is 0 Å². The Morgan fingerprint density at radius 1 is 1.24 bits per heavy atom. The van der Waals surface area contributed by atoms with E-state index in [-0.39, 0.29) is 11.8 Å². The van der Waals surface area contributed by atoms with Crippen LogP contribution in [0.5, 0.6) is 5.75 Å².